The van der Waals surface area contributed by atoms with Crippen LogP contribution < -0.4 is 0 Å². The molecule has 0 bridgehead atoms. The van der Waals surface area contributed by atoms with Crippen LogP contribution in [0.25, 0.3) is 0 Å². The van der Waals surface area contributed by atoms with Gasteiger partial charge < -0.3 is 5.11 Å². The standard InChI is InChI=1S/C10H17NO4S/c1-10(2)9(13)11(16(10,14)15)6-7-4-3-5-8(7)12/h7-8,12H,3-6H2,1-2H3. The van der Waals surface area contributed by atoms with E-state index in [-0.39, 0.29) is 18.4 Å². The Labute approximate surface area is 95.5 Å². The van der Waals surface area contributed by atoms with E-state index in [1.54, 1.807) is 0 Å². The van der Waals surface area contributed by atoms with E-state index in [0.717, 1.165) is 17.1 Å². The molecule has 1 saturated heterocycles. The van der Waals surface area contributed by atoms with Gasteiger partial charge in [0.1, 0.15) is 0 Å². The average Bonchev–Trinajstić information content (AvgIpc) is 2.59. The van der Waals surface area contributed by atoms with Crippen molar-refractivity contribution < 1.29 is 18.3 Å². The lowest BCUT2D eigenvalue weighted by Crippen LogP contribution is -2.68. The summed E-state index contributed by atoms with van der Waals surface area (Å²) in [5, 5.41) is 9.61. The van der Waals surface area contributed by atoms with Gasteiger partial charge in [-0.1, -0.05) is 6.42 Å². The van der Waals surface area contributed by atoms with Crippen LogP contribution in [0.4, 0.5) is 0 Å². The first-order valence-corrected chi connectivity index (χ1v) is 6.97. The number of carbonyl (C=O) groups is 1. The Morgan fingerprint density at radius 2 is 2.06 bits per heavy atom. The van der Waals surface area contributed by atoms with E-state index in [2.05, 4.69) is 0 Å². The summed E-state index contributed by atoms with van der Waals surface area (Å²) in [4.78, 5) is 11.7. The molecule has 0 aromatic rings. The second kappa shape index (κ2) is 3.43. The largest absolute Gasteiger partial charge is 0.393 e. The Morgan fingerprint density at radius 3 is 2.50 bits per heavy atom. The molecule has 6 heteroatoms. The molecule has 2 fully saturated rings. The van der Waals surface area contributed by atoms with Gasteiger partial charge in [0.15, 0.2) is 4.75 Å². The first kappa shape index (κ1) is 11.9. The molecule has 1 amide bonds. The van der Waals surface area contributed by atoms with Gasteiger partial charge in [-0.25, -0.2) is 12.7 Å². The quantitative estimate of drug-likeness (QED) is 0.751. The van der Waals surface area contributed by atoms with E-state index in [4.69, 9.17) is 0 Å². The molecule has 1 aliphatic heterocycles. The number of carbonyl (C=O) groups excluding carboxylic acids is 1. The lowest BCUT2D eigenvalue weighted by molar-refractivity contribution is -0.132. The topological polar surface area (TPSA) is 74.7 Å². The first-order chi connectivity index (χ1) is 7.28. The fraction of sp³-hybridized carbons (Fsp3) is 0.900. The zero-order valence-electron chi connectivity index (χ0n) is 9.51. The molecule has 2 atom stereocenters. The number of rotatable bonds is 2. The second-order valence-electron chi connectivity index (χ2n) is 5.11. The molecule has 92 valence electrons. The third-order valence-electron chi connectivity index (χ3n) is 3.70. The lowest BCUT2D eigenvalue weighted by Gasteiger charge is -2.44. The highest BCUT2D eigenvalue weighted by molar-refractivity contribution is 7.94. The first-order valence-electron chi connectivity index (χ1n) is 5.53. The van der Waals surface area contributed by atoms with Crippen molar-refractivity contribution >= 4 is 15.9 Å². The average molecular weight is 247 g/mol. The summed E-state index contributed by atoms with van der Waals surface area (Å²) >= 11 is 0. The Balaban J connectivity index is 2.11. The highest BCUT2D eigenvalue weighted by Gasteiger charge is 2.60. The van der Waals surface area contributed by atoms with Gasteiger partial charge in [0.2, 0.25) is 0 Å². The zero-order chi connectivity index (χ0) is 12.1. The van der Waals surface area contributed by atoms with Gasteiger partial charge >= 0.3 is 0 Å². The van der Waals surface area contributed by atoms with Crippen LogP contribution >= 0.6 is 0 Å². The summed E-state index contributed by atoms with van der Waals surface area (Å²) in [6.07, 6.45) is 1.93. The van der Waals surface area contributed by atoms with Gasteiger partial charge in [-0.05, 0) is 26.7 Å². The van der Waals surface area contributed by atoms with Crippen LogP contribution in [-0.4, -0.2) is 41.1 Å². The summed E-state index contributed by atoms with van der Waals surface area (Å²) in [5.41, 5.74) is 0. The lowest BCUT2D eigenvalue weighted by atomic mass is 10.1. The minimum absolute atomic E-state index is 0.0881. The third kappa shape index (κ3) is 1.39. The van der Waals surface area contributed by atoms with E-state index in [1.807, 2.05) is 0 Å². The zero-order valence-corrected chi connectivity index (χ0v) is 10.3. The molecule has 2 aliphatic rings. The molecule has 1 saturated carbocycles. The fourth-order valence-corrected chi connectivity index (χ4v) is 3.96. The van der Waals surface area contributed by atoms with Crippen molar-refractivity contribution in [3.05, 3.63) is 0 Å². The fourth-order valence-electron chi connectivity index (χ4n) is 2.38. The Bertz CT molecular complexity index is 415. The van der Waals surface area contributed by atoms with Gasteiger partial charge in [0.05, 0.1) is 6.10 Å². The minimum atomic E-state index is -3.49. The monoisotopic (exact) mass is 247 g/mol. The van der Waals surface area contributed by atoms with Gasteiger partial charge in [-0.15, -0.1) is 0 Å². The number of nitrogens with zero attached hydrogens (tertiary/aromatic N) is 1. The summed E-state index contributed by atoms with van der Waals surface area (Å²) in [6, 6.07) is 0. The maximum atomic E-state index is 11.8. The smallest absolute Gasteiger partial charge is 0.258 e. The molecule has 1 aliphatic carbocycles. The molecule has 16 heavy (non-hydrogen) atoms. The molecule has 1 N–H and O–H groups in total. The number of amides is 1. The SMILES string of the molecule is CC1(C)C(=O)N(CC2CCCC2O)S1(=O)=O. The van der Waals surface area contributed by atoms with Crippen molar-refractivity contribution in [2.75, 3.05) is 6.54 Å². The molecule has 0 aromatic heterocycles. The van der Waals surface area contributed by atoms with Crippen LogP contribution in [0.2, 0.25) is 0 Å². The van der Waals surface area contributed by atoms with E-state index < -0.39 is 20.9 Å². The van der Waals surface area contributed by atoms with Crippen molar-refractivity contribution in [3.8, 4) is 0 Å². The van der Waals surface area contributed by atoms with Crippen LogP contribution in [0.15, 0.2) is 0 Å². The van der Waals surface area contributed by atoms with Crippen LogP contribution in [0.3, 0.4) is 0 Å². The number of hydrogen-bond donors (Lipinski definition) is 1. The van der Waals surface area contributed by atoms with Crippen molar-refractivity contribution in [1.29, 1.82) is 0 Å². The van der Waals surface area contributed by atoms with Crippen LogP contribution in [0.5, 0.6) is 0 Å². The van der Waals surface area contributed by atoms with Gasteiger partial charge in [0.25, 0.3) is 15.9 Å². The summed E-state index contributed by atoms with van der Waals surface area (Å²) in [7, 11) is -3.49. The van der Waals surface area contributed by atoms with Crippen molar-refractivity contribution in [2.24, 2.45) is 5.92 Å². The molecule has 5 nitrogen and oxygen atoms in total. The van der Waals surface area contributed by atoms with Crippen molar-refractivity contribution in [3.63, 3.8) is 0 Å². The van der Waals surface area contributed by atoms with Gasteiger partial charge in [-0.2, -0.15) is 0 Å². The second-order valence-corrected chi connectivity index (χ2v) is 7.52. The highest BCUT2D eigenvalue weighted by atomic mass is 32.2. The maximum Gasteiger partial charge on any atom is 0.258 e. The Morgan fingerprint density at radius 1 is 1.44 bits per heavy atom. The number of aliphatic hydroxyl groups excluding tert-OH is 1. The minimum Gasteiger partial charge on any atom is -0.393 e. The molecular weight excluding hydrogens is 230 g/mol. The summed E-state index contributed by atoms with van der Waals surface area (Å²) in [5.74, 6) is -0.443. The Kier molecular flexibility index (Phi) is 2.54. The predicted molar refractivity (Wildman–Crippen MR) is 58.1 cm³/mol. The van der Waals surface area contributed by atoms with Crippen LogP contribution in [0, 0.1) is 5.92 Å². The number of sulfonamides is 1. The molecule has 2 rings (SSSR count). The van der Waals surface area contributed by atoms with Gasteiger partial charge in [-0.3, -0.25) is 4.79 Å². The molecule has 0 radical (unpaired) electrons. The number of hydrogen-bond acceptors (Lipinski definition) is 4. The van der Waals surface area contributed by atoms with Crippen LogP contribution in [0.1, 0.15) is 33.1 Å². The normalized spacial score (nSPS) is 36.2. The van der Waals surface area contributed by atoms with E-state index in [9.17, 15) is 18.3 Å². The summed E-state index contributed by atoms with van der Waals surface area (Å²) in [6.45, 7) is 2.99. The van der Waals surface area contributed by atoms with E-state index >= 15 is 0 Å². The summed E-state index contributed by atoms with van der Waals surface area (Å²) < 4.78 is 23.2. The predicted octanol–water partition coefficient (Wildman–Crippen LogP) is 0.0980. The molecule has 0 spiro atoms. The Hall–Kier alpha value is -0.620. The van der Waals surface area contributed by atoms with Crippen LogP contribution in [-0.2, 0) is 14.8 Å². The van der Waals surface area contributed by atoms with Crippen molar-refractivity contribution in [1.82, 2.24) is 4.31 Å². The maximum absolute atomic E-state index is 11.8. The highest BCUT2D eigenvalue weighted by Crippen LogP contribution is 2.37. The molecule has 2 unspecified atom stereocenters. The van der Waals surface area contributed by atoms with Crippen molar-refractivity contribution in [2.45, 2.75) is 44.0 Å². The molecule has 0 aromatic carbocycles. The van der Waals surface area contributed by atoms with Gasteiger partial charge in [0, 0.05) is 12.5 Å². The molecule has 1 heterocycles. The third-order valence-corrected chi connectivity index (χ3v) is 6.06. The van der Waals surface area contributed by atoms with E-state index in [1.165, 1.54) is 13.8 Å². The molecular formula is C10H17NO4S. The number of aliphatic hydroxyl groups is 1. The van der Waals surface area contributed by atoms with E-state index in [0.29, 0.717) is 6.42 Å².